The summed E-state index contributed by atoms with van der Waals surface area (Å²) in [6, 6.07) is 9.25. The highest BCUT2D eigenvalue weighted by atomic mass is 35.5. The Hall–Kier alpha value is -3.04. The van der Waals surface area contributed by atoms with E-state index in [0.717, 1.165) is 5.56 Å². The SMILES string of the molecule is CC1(C)CC(=O)C2=C(C1)Oc1nc(N)c(C#N)c(N)c1C2c1cccc(Cl)c1. The summed E-state index contributed by atoms with van der Waals surface area (Å²) in [6.45, 7) is 4.05. The van der Waals surface area contributed by atoms with Crippen molar-refractivity contribution in [2.75, 3.05) is 11.5 Å². The Morgan fingerprint density at radius 2 is 2.07 bits per heavy atom. The van der Waals surface area contributed by atoms with Crippen molar-refractivity contribution < 1.29 is 9.53 Å². The smallest absolute Gasteiger partial charge is 0.227 e. The molecule has 0 fully saturated rings. The van der Waals surface area contributed by atoms with Crippen molar-refractivity contribution in [3.63, 3.8) is 0 Å². The number of nitrogens with zero attached hydrogens (tertiary/aromatic N) is 2. The lowest BCUT2D eigenvalue weighted by atomic mass is 9.70. The van der Waals surface area contributed by atoms with Gasteiger partial charge in [-0.25, -0.2) is 0 Å². The molecule has 1 aliphatic carbocycles. The molecule has 2 aromatic rings. The fourth-order valence-electron chi connectivity index (χ4n) is 4.06. The van der Waals surface area contributed by atoms with Crippen LogP contribution in [0.3, 0.4) is 0 Å². The van der Waals surface area contributed by atoms with Crippen molar-refractivity contribution >= 4 is 28.9 Å². The molecule has 1 atom stereocenters. The molecule has 0 bridgehead atoms. The summed E-state index contributed by atoms with van der Waals surface area (Å²) >= 11 is 6.22. The summed E-state index contributed by atoms with van der Waals surface area (Å²) in [5.41, 5.74) is 14.1. The van der Waals surface area contributed by atoms with Gasteiger partial charge in [0.1, 0.15) is 23.2 Å². The van der Waals surface area contributed by atoms with E-state index in [4.69, 9.17) is 27.8 Å². The molecule has 1 aromatic heterocycles. The van der Waals surface area contributed by atoms with Crippen LogP contribution in [0.25, 0.3) is 0 Å². The van der Waals surface area contributed by atoms with Gasteiger partial charge in [0.15, 0.2) is 5.78 Å². The summed E-state index contributed by atoms with van der Waals surface area (Å²) in [5, 5.41) is 10.0. The maximum atomic E-state index is 13.1. The quantitative estimate of drug-likeness (QED) is 0.756. The van der Waals surface area contributed by atoms with E-state index in [9.17, 15) is 10.1 Å². The van der Waals surface area contributed by atoms with Crippen molar-refractivity contribution in [3.05, 3.63) is 57.3 Å². The van der Waals surface area contributed by atoms with Crippen LogP contribution in [0.1, 0.15) is 49.3 Å². The van der Waals surface area contributed by atoms with Crippen molar-refractivity contribution in [2.24, 2.45) is 5.41 Å². The first kappa shape index (κ1) is 18.3. The number of fused-ring (bicyclic) bond motifs is 1. The number of benzene rings is 1. The van der Waals surface area contributed by atoms with Gasteiger partial charge in [-0.1, -0.05) is 37.6 Å². The number of nitrogen functional groups attached to an aromatic ring is 2. The van der Waals surface area contributed by atoms with Gasteiger partial charge in [0.05, 0.1) is 11.3 Å². The standard InChI is InChI=1S/C21H19ClN4O2/c1-21(2)7-13(27)16-14(8-21)28-20-17(18(24)12(9-23)19(25)26-20)15(16)10-4-3-5-11(22)6-10/h3-6,15H,7-8H2,1-2H3,(H4,24,25,26). The van der Waals surface area contributed by atoms with Crippen molar-refractivity contribution in [1.29, 1.82) is 5.26 Å². The minimum absolute atomic E-state index is 0.00314. The van der Waals surface area contributed by atoms with E-state index in [0.29, 0.717) is 34.8 Å². The van der Waals surface area contributed by atoms with Crippen LogP contribution in [0.15, 0.2) is 35.6 Å². The monoisotopic (exact) mass is 394 g/mol. The number of rotatable bonds is 1. The minimum atomic E-state index is -0.513. The highest BCUT2D eigenvalue weighted by Gasteiger charge is 2.44. The van der Waals surface area contributed by atoms with E-state index in [1.165, 1.54) is 0 Å². The summed E-state index contributed by atoms with van der Waals surface area (Å²) in [7, 11) is 0. The molecule has 0 amide bonds. The van der Waals surface area contributed by atoms with Gasteiger partial charge in [0, 0.05) is 29.4 Å². The number of Topliss-reactive ketones (excluding diaryl/α,β-unsaturated/α-hetero) is 1. The lowest BCUT2D eigenvalue weighted by Crippen LogP contribution is -2.33. The maximum Gasteiger partial charge on any atom is 0.227 e. The van der Waals surface area contributed by atoms with E-state index in [1.807, 2.05) is 32.0 Å². The Morgan fingerprint density at radius 3 is 2.75 bits per heavy atom. The number of halogens is 1. The molecule has 28 heavy (non-hydrogen) atoms. The van der Waals surface area contributed by atoms with E-state index < -0.39 is 5.92 Å². The second-order valence-electron chi connectivity index (χ2n) is 7.98. The van der Waals surface area contributed by atoms with E-state index in [1.54, 1.807) is 12.1 Å². The third-order valence-electron chi connectivity index (χ3n) is 5.24. The van der Waals surface area contributed by atoms with Gasteiger partial charge in [-0.2, -0.15) is 10.2 Å². The van der Waals surface area contributed by atoms with Crippen LogP contribution in [0, 0.1) is 16.7 Å². The fraction of sp³-hybridized carbons (Fsp3) is 0.286. The average molecular weight is 395 g/mol. The number of carbonyl (C=O) groups is 1. The highest BCUT2D eigenvalue weighted by Crippen LogP contribution is 2.52. The Balaban J connectivity index is 2.03. The summed E-state index contributed by atoms with van der Waals surface area (Å²) in [5.74, 6) is 0.310. The number of ketones is 1. The number of hydrogen-bond acceptors (Lipinski definition) is 6. The van der Waals surface area contributed by atoms with Gasteiger partial charge in [0.2, 0.25) is 5.88 Å². The van der Waals surface area contributed by atoms with Gasteiger partial charge in [-0.3, -0.25) is 4.79 Å². The molecule has 7 heteroatoms. The first-order valence-electron chi connectivity index (χ1n) is 8.90. The Kier molecular flexibility index (Phi) is 4.09. The Labute approximate surface area is 167 Å². The summed E-state index contributed by atoms with van der Waals surface area (Å²) in [6.07, 6.45) is 0.987. The van der Waals surface area contributed by atoms with Crippen LogP contribution in [-0.2, 0) is 4.79 Å². The molecule has 142 valence electrons. The number of aromatic nitrogens is 1. The number of carbonyl (C=O) groups excluding carboxylic acids is 1. The molecule has 2 aliphatic rings. The number of hydrogen-bond donors (Lipinski definition) is 2. The molecule has 1 unspecified atom stereocenters. The molecular formula is C21H19ClN4O2. The number of ether oxygens (including phenoxy) is 1. The van der Waals surface area contributed by atoms with Crippen LogP contribution in [-0.4, -0.2) is 10.8 Å². The largest absolute Gasteiger partial charge is 0.442 e. The molecule has 1 aromatic carbocycles. The molecule has 6 nitrogen and oxygen atoms in total. The first-order chi connectivity index (χ1) is 13.2. The highest BCUT2D eigenvalue weighted by molar-refractivity contribution is 6.30. The van der Waals surface area contributed by atoms with Crippen LogP contribution in [0.4, 0.5) is 11.5 Å². The molecular weight excluding hydrogens is 376 g/mol. The third-order valence-corrected chi connectivity index (χ3v) is 5.47. The number of pyridine rings is 1. The predicted octanol–water partition coefficient (Wildman–Crippen LogP) is 3.94. The van der Waals surface area contributed by atoms with Crippen molar-refractivity contribution in [1.82, 2.24) is 4.98 Å². The van der Waals surface area contributed by atoms with Crippen LogP contribution in [0.5, 0.6) is 5.88 Å². The Bertz CT molecular complexity index is 1100. The average Bonchev–Trinajstić information content (AvgIpc) is 2.59. The molecule has 1 aliphatic heterocycles. The summed E-state index contributed by atoms with van der Waals surface area (Å²) < 4.78 is 6.03. The molecule has 0 spiro atoms. The lowest BCUT2D eigenvalue weighted by Gasteiger charge is -2.38. The Morgan fingerprint density at radius 1 is 1.32 bits per heavy atom. The molecule has 0 saturated heterocycles. The van der Waals surface area contributed by atoms with E-state index >= 15 is 0 Å². The zero-order chi connectivity index (χ0) is 20.2. The molecule has 0 radical (unpaired) electrons. The zero-order valence-electron chi connectivity index (χ0n) is 15.5. The molecule has 4 N–H and O–H groups in total. The third kappa shape index (κ3) is 2.79. The molecule has 4 rings (SSSR count). The van der Waals surface area contributed by atoms with Gasteiger partial charge in [0.25, 0.3) is 0 Å². The predicted molar refractivity (Wildman–Crippen MR) is 107 cm³/mol. The molecule has 0 saturated carbocycles. The zero-order valence-corrected chi connectivity index (χ0v) is 16.3. The topological polar surface area (TPSA) is 115 Å². The van der Waals surface area contributed by atoms with E-state index in [2.05, 4.69) is 4.98 Å². The van der Waals surface area contributed by atoms with E-state index in [-0.39, 0.29) is 34.1 Å². The fourth-order valence-corrected chi connectivity index (χ4v) is 4.26. The second kappa shape index (κ2) is 6.25. The summed E-state index contributed by atoms with van der Waals surface area (Å²) in [4.78, 5) is 17.4. The second-order valence-corrected chi connectivity index (χ2v) is 8.42. The van der Waals surface area contributed by atoms with Crippen LogP contribution >= 0.6 is 11.6 Å². The number of nitriles is 1. The number of anilines is 2. The van der Waals surface area contributed by atoms with Crippen LogP contribution < -0.4 is 16.2 Å². The molecule has 2 heterocycles. The number of nitrogens with two attached hydrogens (primary N) is 2. The van der Waals surface area contributed by atoms with Crippen LogP contribution in [0.2, 0.25) is 5.02 Å². The first-order valence-corrected chi connectivity index (χ1v) is 9.28. The van der Waals surface area contributed by atoms with Crippen molar-refractivity contribution in [2.45, 2.75) is 32.6 Å². The van der Waals surface area contributed by atoms with Gasteiger partial charge >= 0.3 is 0 Å². The van der Waals surface area contributed by atoms with Gasteiger partial charge < -0.3 is 16.2 Å². The number of allylic oxidation sites excluding steroid dienone is 2. The lowest BCUT2D eigenvalue weighted by molar-refractivity contribution is -0.118. The van der Waals surface area contributed by atoms with Crippen molar-refractivity contribution in [3.8, 4) is 11.9 Å². The maximum absolute atomic E-state index is 13.1. The minimum Gasteiger partial charge on any atom is -0.442 e. The van der Waals surface area contributed by atoms with Gasteiger partial charge in [-0.15, -0.1) is 0 Å². The normalized spacial score (nSPS) is 20.1. The van der Waals surface area contributed by atoms with Gasteiger partial charge in [-0.05, 0) is 23.1 Å².